The predicted molar refractivity (Wildman–Crippen MR) is 129 cm³/mol. The topological polar surface area (TPSA) is 92.3 Å². The summed E-state index contributed by atoms with van der Waals surface area (Å²) in [5.74, 6) is 0.0457. The summed E-state index contributed by atoms with van der Waals surface area (Å²) in [6.07, 6.45) is 3.90. The van der Waals surface area contributed by atoms with Crippen LogP contribution in [0.4, 0.5) is 0 Å². The zero-order chi connectivity index (χ0) is 24.9. The van der Waals surface area contributed by atoms with Crippen LogP contribution < -0.4 is 10.1 Å². The van der Waals surface area contributed by atoms with E-state index in [2.05, 4.69) is 5.32 Å². The zero-order valence-corrected chi connectivity index (χ0v) is 20.3. The Kier molecular flexibility index (Phi) is 7.41. The number of hydrogen-bond acceptors (Lipinski definition) is 8. The minimum Gasteiger partial charge on any atom is -0.482 e. The Morgan fingerprint density at radius 1 is 1.00 bits per heavy atom. The molecule has 2 bridgehead atoms. The van der Waals surface area contributed by atoms with E-state index in [1.54, 1.807) is 6.92 Å². The van der Waals surface area contributed by atoms with Crippen LogP contribution in [0.25, 0.3) is 0 Å². The Morgan fingerprint density at radius 3 is 2.61 bits per heavy atom. The number of fused-ring (bicyclic) bond motifs is 2. The van der Waals surface area contributed by atoms with Crippen molar-refractivity contribution >= 4 is 11.9 Å². The lowest BCUT2D eigenvalue weighted by molar-refractivity contribution is -0.145. The van der Waals surface area contributed by atoms with Gasteiger partial charge in [0.05, 0.1) is 18.8 Å². The first-order valence-electron chi connectivity index (χ1n) is 12.5. The molecule has 5 unspecified atom stereocenters. The van der Waals surface area contributed by atoms with E-state index in [0.29, 0.717) is 24.5 Å². The molecule has 3 heterocycles. The second-order valence-corrected chi connectivity index (χ2v) is 9.23. The SMILES string of the molecule is CCOC(=O)COc1ccccc1CC1C2CCC(O2)C1C1NC(C(=O)OCc2ccccc2)=CO1. The third-order valence-corrected chi connectivity index (χ3v) is 6.98. The van der Waals surface area contributed by atoms with Gasteiger partial charge in [0.15, 0.2) is 18.5 Å². The number of carbonyl (C=O) groups excluding carboxylic acids is 2. The summed E-state index contributed by atoms with van der Waals surface area (Å²) in [4.78, 5) is 24.4. The Labute approximate surface area is 210 Å². The van der Waals surface area contributed by atoms with Crippen LogP contribution in [-0.4, -0.2) is 43.6 Å². The Balaban J connectivity index is 1.22. The van der Waals surface area contributed by atoms with E-state index in [4.69, 9.17) is 23.7 Å². The van der Waals surface area contributed by atoms with Crippen molar-refractivity contribution in [3.63, 3.8) is 0 Å². The number of hydrogen-bond donors (Lipinski definition) is 1. The summed E-state index contributed by atoms with van der Waals surface area (Å²) in [6, 6.07) is 17.3. The molecule has 0 saturated carbocycles. The molecular weight excluding hydrogens is 462 g/mol. The fourth-order valence-corrected chi connectivity index (χ4v) is 5.36. The molecule has 5 atom stereocenters. The Bertz CT molecular complexity index is 1100. The van der Waals surface area contributed by atoms with Crippen LogP contribution in [0, 0.1) is 11.8 Å². The number of ether oxygens (including phenoxy) is 5. The second-order valence-electron chi connectivity index (χ2n) is 9.23. The summed E-state index contributed by atoms with van der Waals surface area (Å²) in [5.41, 5.74) is 2.24. The number of esters is 2. The van der Waals surface area contributed by atoms with Gasteiger partial charge < -0.3 is 29.0 Å². The van der Waals surface area contributed by atoms with E-state index in [1.807, 2.05) is 54.6 Å². The number of nitrogens with one attached hydrogen (secondary N) is 1. The molecule has 190 valence electrons. The van der Waals surface area contributed by atoms with Crippen molar-refractivity contribution in [3.8, 4) is 5.75 Å². The molecule has 2 fully saturated rings. The third kappa shape index (κ3) is 5.33. The van der Waals surface area contributed by atoms with Gasteiger partial charge in [-0.1, -0.05) is 48.5 Å². The fourth-order valence-electron chi connectivity index (χ4n) is 5.36. The minimum atomic E-state index is -0.445. The van der Waals surface area contributed by atoms with Gasteiger partial charge in [-0.05, 0) is 49.3 Å². The maximum Gasteiger partial charge on any atom is 0.358 e. The number of carbonyl (C=O) groups is 2. The average molecular weight is 494 g/mol. The second kappa shape index (κ2) is 11.0. The molecule has 0 radical (unpaired) electrons. The van der Waals surface area contributed by atoms with Gasteiger partial charge in [-0.25, -0.2) is 9.59 Å². The van der Waals surface area contributed by atoms with Crippen LogP contribution in [0.15, 0.2) is 66.6 Å². The molecule has 0 spiro atoms. The average Bonchev–Trinajstić information content (AvgIpc) is 3.65. The maximum atomic E-state index is 12.6. The molecule has 1 N–H and O–H groups in total. The lowest BCUT2D eigenvalue weighted by Gasteiger charge is -2.32. The quantitative estimate of drug-likeness (QED) is 0.503. The van der Waals surface area contributed by atoms with E-state index in [1.165, 1.54) is 6.26 Å². The van der Waals surface area contributed by atoms with Gasteiger partial charge in [0, 0.05) is 5.92 Å². The molecule has 2 saturated heterocycles. The first kappa shape index (κ1) is 24.2. The first-order valence-corrected chi connectivity index (χ1v) is 12.5. The standard InChI is InChI=1S/C28H31NO7/c1-2-32-25(30)17-33-22-11-7-6-10-19(22)14-20-23-12-13-24(36-23)26(20)27-29-21(16-34-27)28(31)35-15-18-8-4-3-5-9-18/h3-11,16,20,23-24,26-27,29H,2,12-15,17H2,1H3. The number of para-hydroxylation sites is 1. The smallest absolute Gasteiger partial charge is 0.358 e. The molecule has 3 aliphatic heterocycles. The highest BCUT2D eigenvalue weighted by Gasteiger charge is 2.53. The highest BCUT2D eigenvalue weighted by molar-refractivity contribution is 5.87. The largest absolute Gasteiger partial charge is 0.482 e. The van der Waals surface area contributed by atoms with E-state index < -0.39 is 11.9 Å². The third-order valence-electron chi connectivity index (χ3n) is 6.98. The maximum absolute atomic E-state index is 12.6. The molecule has 2 aromatic carbocycles. The first-order chi connectivity index (χ1) is 17.6. The normalized spacial score (nSPS) is 26.0. The number of benzene rings is 2. The van der Waals surface area contributed by atoms with Gasteiger partial charge in [-0.2, -0.15) is 0 Å². The summed E-state index contributed by atoms with van der Waals surface area (Å²) >= 11 is 0. The van der Waals surface area contributed by atoms with E-state index in [0.717, 1.165) is 24.0 Å². The molecule has 0 amide bonds. The van der Waals surface area contributed by atoms with Crippen molar-refractivity contribution in [2.24, 2.45) is 11.8 Å². The van der Waals surface area contributed by atoms with E-state index >= 15 is 0 Å². The van der Waals surface area contributed by atoms with Crippen molar-refractivity contribution < 1.29 is 33.3 Å². The molecule has 5 rings (SSSR count). The summed E-state index contributed by atoms with van der Waals surface area (Å²) in [5, 5.41) is 3.23. The van der Waals surface area contributed by atoms with Gasteiger partial charge in [-0.3, -0.25) is 0 Å². The van der Waals surface area contributed by atoms with Crippen molar-refractivity contribution in [2.45, 2.75) is 51.2 Å². The number of rotatable bonds is 10. The zero-order valence-electron chi connectivity index (χ0n) is 20.3. The van der Waals surface area contributed by atoms with Gasteiger partial charge in [-0.15, -0.1) is 0 Å². The van der Waals surface area contributed by atoms with Crippen LogP contribution in [-0.2, 0) is 41.6 Å². The van der Waals surface area contributed by atoms with E-state index in [9.17, 15) is 9.59 Å². The highest BCUT2D eigenvalue weighted by atomic mass is 16.6. The fraction of sp³-hybridized carbons (Fsp3) is 0.429. The van der Waals surface area contributed by atoms with Crippen molar-refractivity contribution in [2.75, 3.05) is 13.2 Å². The van der Waals surface area contributed by atoms with Gasteiger partial charge >= 0.3 is 11.9 Å². The molecule has 0 aliphatic carbocycles. The molecule has 2 aromatic rings. The predicted octanol–water partition coefficient (Wildman–Crippen LogP) is 3.50. The molecular formula is C28H31NO7. The monoisotopic (exact) mass is 493 g/mol. The molecule has 36 heavy (non-hydrogen) atoms. The van der Waals surface area contributed by atoms with Gasteiger partial charge in [0.1, 0.15) is 18.6 Å². The molecule has 0 aromatic heterocycles. The summed E-state index contributed by atoms with van der Waals surface area (Å²) in [6.45, 7) is 2.15. The van der Waals surface area contributed by atoms with Crippen LogP contribution in [0.1, 0.15) is 30.9 Å². The summed E-state index contributed by atoms with van der Waals surface area (Å²) < 4.78 is 28.4. The van der Waals surface area contributed by atoms with Crippen molar-refractivity contribution in [1.29, 1.82) is 0 Å². The van der Waals surface area contributed by atoms with Crippen LogP contribution in [0.3, 0.4) is 0 Å². The lowest BCUT2D eigenvalue weighted by atomic mass is 9.75. The molecule has 3 aliphatic rings. The Hall–Kier alpha value is -3.52. The van der Waals surface area contributed by atoms with Crippen LogP contribution >= 0.6 is 0 Å². The van der Waals surface area contributed by atoms with Crippen molar-refractivity contribution in [1.82, 2.24) is 5.32 Å². The Morgan fingerprint density at radius 2 is 1.78 bits per heavy atom. The highest BCUT2D eigenvalue weighted by Crippen LogP contribution is 2.48. The molecule has 8 heteroatoms. The van der Waals surface area contributed by atoms with Crippen LogP contribution in [0.5, 0.6) is 5.75 Å². The molecule has 8 nitrogen and oxygen atoms in total. The van der Waals surface area contributed by atoms with E-state index in [-0.39, 0.29) is 43.5 Å². The lowest BCUT2D eigenvalue weighted by Crippen LogP contribution is -2.44. The van der Waals surface area contributed by atoms with Gasteiger partial charge in [0.2, 0.25) is 0 Å². The van der Waals surface area contributed by atoms with Gasteiger partial charge in [0.25, 0.3) is 0 Å². The van der Waals surface area contributed by atoms with Crippen molar-refractivity contribution in [3.05, 3.63) is 77.7 Å². The van der Waals surface area contributed by atoms with Crippen LogP contribution in [0.2, 0.25) is 0 Å². The minimum absolute atomic E-state index is 0.0533. The summed E-state index contributed by atoms with van der Waals surface area (Å²) in [7, 11) is 0.